The maximum Gasteiger partial charge on any atom is 0.267 e. The number of carbonyl (C=O) groups is 1. The molecular weight excluding hydrogens is 352 g/mol. The highest BCUT2D eigenvalue weighted by Crippen LogP contribution is 2.33. The van der Waals surface area contributed by atoms with E-state index in [4.69, 9.17) is 11.6 Å². The van der Waals surface area contributed by atoms with Gasteiger partial charge in [-0.05, 0) is 30.7 Å². The highest BCUT2D eigenvalue weighted by molar-refractivity contribution is 6.36. The van der Waals surface area contributed by atoms with E-state index >= 15 is 0 Å². The molecule has 0 fully saturated rings. The van der Waals surface area contributed by atoms with E-state index in [0.29, 0.717) is 29.6 Å². The number of carbonyl (C=O) groups excluding carboxylic acids is 1. The van der Waals surface area contributed by atoms with Crippen LogP contribution in [0.5, 0.6) is 5.75 Å². The van der Waals surface area contributed by atoms with E-state index in [1.807, 2.05) is 25.1 Å². The summed E-state index contributed by atoms with van der Waals surface area (Å²) < 4.78 is 1.34. The van der Waals surface area contributed by atoms with E-state index in [2.05, 4.69) is 0 Å². The Morgan fingerprint density at radius 3 is 2.50 bits per heavy atom. The van der Waals surface area contributed by atoms with E-state index in [1.54, 1.807) is 37.4 Å². The van der Waals surface area contributed by atoms with E-state index in [0.717, 1.165) is 0 Å². The predicted octanol–water partition coefficient (Wildman–Crippen LogP) is 3.95. The Morgan fingerprint density at radius 2 is 1.85 bits per heavy atom. The lowest BCUT2D eigenvalue weighted by molar-refractivity contribution is 0.0982. The zero-order valence-electron chi connectivity index (χ0n) is 14.6. The monoisotopic (exact) mass is 370 g/mol. The summed E-state index contributed by atoms with van der Waals surface area (Å²) in [5.74, 6) is -0.922. The molecule has 6 heteroatoms. The molecule has 0 atom stereocenters. The number of benzene rings is 2. The Labute approximate surface area is 156 Å². The second-order valence-corrected chi connectivity index (χ2v) is 6.42. The summed E-state index contributed by atoms with van der Waals surface area (Å²) in [6, 6.07) is 14.1. The molecule has 0 aliphatic rings. The SMILES string of the molecule is CCCN(C(=O)c1c(O)c2c(Cl)cccc2n(C)c1=O)c1ccccc1. The van der Waals surface area contributed by atoms with Crippen molar-refractivity contribution < 1.29 is 9.90 Å². The highest BCUT2D eigenvalue weighted by atomic mass is 35.5. The van der Waals surface area contributed by atoms with Crippen LogP contribution >= 0.6 is 11.6 Å². The molecule has 26 heavy (non-hydrogen) atoms. The van der Waals surface area contributed by atoms with Gasteiger partial charge in [-0.2, -0.15) is 0 Å². The fourth-order valence-corrected chi connectivity index (χ4v) is 3.30. The largest absolute Gasteiger partial charge is 0.506 e. The number of anilines is 1. The minimum Gasteiger partial charge on any atom is -0.506 e. The number of hydrogen-bond acceptors (Lipinski definition) is 3. The van der Waals surface area contributed by atoms with Crippen LogP contribution < -0.4 is 10.5 Å². The van der Waals surface area contributed by atoms with Gasteiger partial charge in [-0.1, -0.05) is 42.8 Å². The summed E-state index contributed by atoms with van der Waals surface area (Å²) in [6.07, 6.45) is 0.704. The van der Waals surface area contributed by atoms with Crippen LogP contribution in [0.3, 0.4) is 0 Å². The van der Waals surface area contributed by atoms with Crippen molar-refractivity contribution >= 4 is 34.1 Å². The number of pyridine rings is 1. The third-order valence-electron chi connectivity index (χ3n) is 4.32. The van der Waals surface area contributed by atoms with Crippen LogP contribution in [0.25, 0.3) is 10.9 Å². The zero-order chi connectivity index (χ0) is 18.8. The Morgan fingerprint density at radius 1 is 1.15 bits per heavy atom. The van der Waals surface area contributed by atoms with Crippen molar-refractivity contribution in [2.24, 2.45) is 7.05 Å². The van der Waals surface area contributed by atoms with Gasteiger partial charge in [0.25, 0.3) is 11.5 Å². The van der Waals surface area contributed by atoms with Crippen molar-refractivity contribution in [3.05, 3.63) is 69.5 Å². The summed E-state index contributed by atoms with van der Waals surface area (Å²) >= 11 is 6.22. The first-order valence-electron chi connectivity index (χ1n) is 8.34. The van der Waals surface area contributed by atoms with Gasteiger partial charge in [0, 0.05) is 19.3 Å². The topological polar surface area (TPSA) is 62.5 Å². The third-order valence-corrected chi connectivity index (χ3v) is 4.63. The van der Waals surface area contributed by atoms with Gasteiger partial charge < -0.3 is 14.6 Å². The first-order chi connectivity index (χ1) is 12.5. The minimum absolute atomic E-state index is 0.273. The Kier molecular flexibility index (Phi) is 5.00. The Bertz CT molecular complexity index is 1030. The molecule has 0 saturated heterocycles. The van der Waals surface area contributed by atoms with Crippen LogP contribution in [-0.4, -0.2) is 22.1 Å². The van der Waals surface area contributed by atoms with Gasteiger partial charge in [-0.3, -0.25) is 9.59 Å². The normalized spacial score (nSPS) is 10.9. The average Bonchev–Trinajstić information content (AvgIpc) is 2.64. The van der Waals surface area contributed by atoms with Crippen molar-refractivity contribution in [1.29, 1.82) is 0 Å². The van der Waals surface area contributed by atoms with Gasteiger partial charge in [0.1, 0.15) is 11.3 Å². The number of aryl methyl sites for hydroxylation is 1. The summed E-state index contributed by atoms with van der Waals surface area (Å²) in [7, 11) is 1.56. The van der Waals surface area contributed by atoms with Crippen LogP contribution in [0.15, 0.2) is 53.3 Å². The molecule has 0 aliphatic heterocycles. The lowest BCUT2D eigenvalue weighted by Crippen LogP contribution is -2.37. The lowest BCUT2D eigenvalue weighted by Gasteiger charge is -2.23. The number of nitrogens with zero attached hydrogens (tertiary/aromatic N) is 2. The molecule has 0 aliphatic carbocycles. The zero-order valence-corrected chi connectivity index (χ0v) is 15.3. The predicted molar refractivity (Wildman–Crippen MR) is 104 cm³/mol. The summed E-state index contributed by atoms with van der Waals surface area (Å²) in [4.78, 5) is 27.5. The van der Waals surface area contributed by atoms with E-state index < -0.39 is 11.5 Å². The molecule has 0 saturated carbocycles. The summed E-state index contributed by atoms with van der Waals surface area (Å²) in [6.45, 7) is 2.37. The van der Waals surface area contributed by atoms with Crippen LogP contribution in [0, 0.1) is 0 Å². The van der Waals surface area contributed by atoms with Crippen LogP contribution in [0.1, 0.15) is 23.7 Å². The van der Waals surface area contributed by atoms with Gasteiger partial charge in [0.05, 0.1) is 15.9 Å². The van der Waals surface area contributed by atoms with E-state index in [1.165, 1.54) is 9.47 Å². The fourth-order valence-electron chi connectivity index (χ4n) is 3.04. The quantitative estimate of drug-likeness (QED) is 0.756. The molecule has 1 aromatic heterocycles. The smallest absolute Gasteiger partial charge is 0.267 e. The molecule has 3 rings (SSSR count). The molecule has 1 N–H and O–H groups in total. The van der Waals surface area contributed by atoms with Gasteiger partial charge >= 0.3 is 0 Å². The van der Waals surface area contributed by atoms with Crippen LogP contribution in [0.2, 0.25) is 5.02 Å². The number of aromatic nitrogens is 1. The summed E-state index contributed by atoms with van der Waals surface area (Å²) in [5.41, 5.74) is 0.308. The molecule has 1 amide bonds. The average molecular weight is 371 g/mol. The molecule has 0 spiro atoms. The Hall–Kier alpha value is -2.79. The fraction of sp³-hybridized carbons (Fsp3) is 0.200. The molecule has 1 heterocycles. The van der Waals surface area contributed by atoms with Gasteiger partial charge in [-0.15, -0.1) is 0 Å². The lowest BCUT2D eigenvalue weighted by atomic mass is 10.1. The van der Waals surface area contributed by atoms with Gasteiger partial charge in [0.2, 0.25) is 0 Å². The second kappa shape index (κ2) is 7.22. The Balaban J connectivity index is 2.25. The maximum absolute atomic E-state index is 13.2. The number of hydrogen-bond donors (Lipinski definition) is 1. The molecule has 5 nitrogen and oxygen atoms in total. The van der Waals surface area contributed by atoms with Crippen molar-refractivity contribution in [2.45, 2.75) is 13.3 Å². The number of rotatable bonds is 4. The molecule has 0 unspecified atom stereocenters. The van der Waals surface area contributed by atoms with E-state index in [9.17, 15) is 14.7 Å². The number of aromatic hydroxyl groups is 1. The number of para-hydroxylation sites is 1. The first kappa shape index (κ1) is 18.0. The molecule has 3 aromatic rings. The third kappa shape index (κ3) is 2.95. The van der Waals surface area contributed by atoms with Crippen molar-refractivity contribution in [3.8, 4) is 5.75 Å². The first-order valence-corrected chi connectivity index (χ1v) is 8.72. The van der Waals surface area contributed by atoms with Crippen molar-refractivity contribution in [2.75, 3.05) is 11.4 Å². The van der Waals surface area contributed by atoms with Crippen LogP contribution in [0.4, 0.5) is 5.69 Å². The standard InChI is InChI=1S/C20H19ClN2O3/c1-3-12-23(13-8-5-4-6-9-13)20(26)17-18(24)16-14(21)10-7-11-15(16)22(2)19(17)25/h4-11,24H,3,12H2,1-2H3. The van der Waals surface area contributed by atoms with Gasteiger partial charge in [-0.25, -0.2) is 0 Å². The molecule has 0 bridgehead atoms. The molecule has 0 radical (unpaired) electrons. The molecule has 134 valence electrons. The van der Waals surface area contributed by atoms with Gasteiger partial charge in [0.15, 0.2) is 0 Å². The van der Waals surface area contributed by atoms with Crippen molar-refractivity contribution in [3.63, 3.8) is 0 Å². The van der Waals surface area contributed by atoms with Crippen LogP contribution in [-0.2, 0) is 7.05 Å². The minimum atomic E-state index is -0.556. The highest BCUT2D eigenvalue weighted by Gasteiger charge is 2.27. The maximum atomic E-state index is 13.2. The number of halogens is 1. The number of amides is 1. The second-order valence-electron chi connectivity index (χ2n) is 6.01. The number of fused-ring (bicyclic) bond motifs is 1. The van der Waals surface area contributed by atoms with E-state index in [-0.39, 0.29) is 16.3 Å². The van der Waals surface area contributed by atoms with Crippen molar-refractivity contribution in [1.82, 2.24) is 4.57 Å². The molecular formula is C20H19ClN2O3. The molecule has 2 aromatic carbocycles. The summed E-state index contributed by atoms with van der Waals surface area (Å²) in [5, 5.41) is 11.3.